The van der Waals surface area contributed by atoms with Gasteiger partial charge in [0.15, 0.2) is 0 Å². The highest BCUT2D eigenvalue weighted by Crippen LogP contribution is 2.22. The molecule has 0 unspecified atom stereocenters. The van der Waals surface area contributed by atoms with Crippen molar-refractivity contribution in [2.75, 3.05) is 5.32 Å². The summed E-state index contributed by atoms with van der Waals surface area (Å²) in [6.07, 6.45) is 2.79. The van der Waals surface area contributed by atoms with Gasteiger partial charge in [0.1, 0.15) is 12.4 Å². The molecule has 146 valence electrons. The molecule has 4 aromatic rings. The number of anilines is 1. The molecule has 0 saturated heterocycles. The Labute approximate surface area is 175 Å². The SMILES string of the molecule is O=C(Cn1c(=O)cnc2ccccc21)Nc1ccnn1Cc1ccc(Cl)cc1Cl. The molecular weight excluding hydrogens is 413 g/mol. The molecule has 2 heterocycles. The van der Waals surface area contributed by atoms with Crippen LogP contribution >= 0.6 is 23.2 Å². The van der Waals surface area contributed by atoms with Crippen LogP contribution in [0.5, 0.6) is 0 Å². The van der Waals surface area contributed by atoms with E-state index in [9.17, 15) is 9.59 Å². The van der Waals surface area contributed by atoms with E-state index < -0.39 is 0 Å². The molecule has 0 saturated carbocycles. The number of nitrogens with zero attached hydrogens (tertiary/aromatic N) is 4. The number of amides is 1. The lowest BCUT2D eigenvalue weighted by molar-refractivity contribution is -0.116. The molecule has 0 atom stereocenters. The van der Waals surface area contributed by atoms with Crippen molar-refractivity contribution in [3.05, 3.63) is 86.9 Å². The Kier molecular flexibility index (Phi) is 5.33. The Morgan fingerprint density at radius 3 is 2.76 bits per heavy atom. The van der Waals surface area contributed by atoms with E-state index in [2.05, 4.69) is 15.4 Å². The van der Waals surface area contributed by atoms with Crippen molar-refractivity contribution in [2.45, 2.75) is 13.1 Å². The van der Waals surface area contributed by atoms with Gasteiger partial charge in [-0.3, -0.25) is 14.2 Å². The molecule has 0 spiro atoms. The van der Waals surface area contributed by atoms with Crippen molar-refractivity contribution < 1.29 is 4.79 Å². The van der Waals surface area contributed by atoms with E-state index in [0.29, 0.717) is 33.4 Å². The van der Waals surface area contributed by atoms with E-state index in [0.717, 1.165) is 5.56 Å². The topological polar surface area (TPSA) is 81.8 Å². The van der Waals surface area contributed by atoms with Crippen LogP contribution < -0.4 is 10.9 Å². The van der Waals surface area contributed by atoms with Crippen LogP contribution in [0.3, 0.4) is 0 Å². The summed E-state index contributed by atoms with van der Waals surface area (Å²) in [7, 11) is 0. The lowest BCUT2D eigenvalue weighted by Crippen LogP contribution is -2.28. The number of para-hydroxylation sites is 2. The minimum absolute atomic E-state index is 0.144. The van der Waals surface area contributed by atoms with Crippen LogP contribution in [0.2, 0.25) is 10.0 Å². The largest absolute Gasteiger partial charge is 0.309 e. The quantitative estimate of drug-likeness (QED) is 0.527. The van der Waals surface area contributed by atoms with Gasteiger partial charge >= 0.3 is 0 Å². The standard InChI is InChI=1S/C20H15Cl2N5O2/c21-14-6-5-13(15(22)9-14)11-27-18(7-8-24-27)25-19(28)12-26-17-4-2-1-3-16(17)23-10-20(26)29/h1-10H,11-12H2,(H,25,28). The smallest absolute Gasteiger partial charge is 0.269 e. The summed E-state index contributed by atoms with van der Waals surface area (Å²) in [6, 6.07) is 14.0. The molecule has 1 amide bonds. The second-order valence-electron chi connectivity index (χ2n) is 6.33. The van der Waals surface area contributed by atoms with E-state index in [4.69, 9.17) is 23.2 Å². The lowest BCUT2D eigenvalue weighted by atomic mass is 10.2. The Morgan fingerprint density at radius 2 is 1.93 bits per heavy atom. The number of fused-ring (bicyclic) bond motifs is 1. The summed E-state index contributed by atoms with van der Waals surface area (Å²) in [5.74, 6) is 0.139. The molecular formula is C20H15Cl2N5O2. The number of hydrogen-bond donors (Lipinski definition) is 1. The third-order valence-corrected chi connectivity index (χ3v) is 4.96. The Bertz CT molecular complexity index is 1270. The van der Waals surface area contributed by atoms with Crippen molar-refractivity contribution in [3.8, 4) is 0 Å². The third kappa shape index (κ3) is 4.16. The second-order valence-corrected chi connectivity index (χ2v) is 7.17. The number of nitrogens with one attached hydrogen (secondary N) is 1. The Morgan fingerprint density at radius 1 is 1.10 bits per heavy atom. The predicted octanol–water partition coefficient (Wildman–Crippen LogP) is 3.59. The molecule has 1 N–H and O–H groups in total. The van der Waals surface area contributed by atoms with Crippen molar-refractivity contribution in [1.29, 1.82) is 0 Å². The fourth-order valence-corrected chi connectivity index (χ4v) is 3.45. The molecule has 0 aliphatic heterocycles. The van der Waals surface area contributed by atoms with Crippen LogP contribution in [0.15, 0.2) is 65.7 Å². The molecule has 9 heteroatoms. The van der Waals surface area contributed by atoms with Gasteiger partial charge in [-0.1, -0.05) is 41.4 Å². The molecule has 0 aliphatic carbocycles. The summed E-state index contributed by atoms with van der Waals surface area (Å²) in [4.78, 5) is 28.9. The molecule has 2 aromatic heterocycles. The van der Waals surface area contributed by atoms with Crippen LogP contribution in [-0.2, 0) is 17.9 Å². The van der Waals surface area contributed by atoms with E-state index in [1.807, 2.05) is 6.07 Å². The van der Waals surface area contributed by atoms with Crippen molar-refractivity contribution >= 4 is 46.0 Å². The minimum atomic E-state index is -0.354. The zero-order chi connectivity index (χ0) is 20.4. The monoisotopic (exact) mass is 427 g/mol. The first kappa shape index (κ1) is 19.2. The number of hydrogen-bond acceptors (Lipinski definition) is 4. The number of halogens is 2. The molecule has 0 aliphatic rings. The maximum Gasteiger partial charge on any atom is 0.269 e. The van der Waals surface area contributed by atoms with Gasteiger partial charge in [0.05, 0.1) is 30.0 Å². The number of carbonyl (C=O) groups excluding carboxylic acids is 1. The highest BCUT2D eigenvalue weighted by atomic mass is 35.5. The average Bonchev–Trinajstić information content (AvgIpc) is 3.13. The highest BCUT2D eigenvalue weighted by molar-refractivity contribution is 6.35. The number of carbonyl (C=O) groups is 1. The van der Waals surface area contributed by atoms with Crippen LogP contribution in [-0.4, -0.2) is 25.2 Å². The summed E-state index contributed by atoms with van der Waals surface area (Å²) in [5, 5.41) is 8.09. The number of aromatic nitrogens is 4. The lowest BCUT2D eigenvalue weighted by Gasteiger charge is -2.12. The summed E-state index contributed by atoms with van der Waals surface area (Å²) >= 11 is 12.2. The van der Waals surface area contributed by atoms with Gasteiger partial charge in [0.25, 0.3) is 5.56 Å². The van der Waals surface area contributed by atoms with Crippen LogP contribution in [0.25, 0.3) is 11.0 Å². The van der Waals surface area contributed by atoms with E-state index >= 15 is 0 Å². The molecule has 0 bridgehead atoms. The number of benzene rings is 2. The third-order valence-electron chi connectivity index (χ3n) is 4.37. The average molecular weight is 428 g/mol. The summed E-state index contributed by atoms with van der Waals surface area (Å²) in [6.45, 7) is 0.214. The summed E-state index contributed by atoms with van der Waals surface area (Å²) in [5.41, 5.74) is 1.70. The first-order chi connectivity index (χ1) is 14.0. The van der Waals surface area contributed by atoms with E-state index in [1.54, 1.807) is 53.3 Å². The molecule has 29 heavy (non-hydrogen) atoms. The van der Waals surface area contributed by atoms with Crippen LogP contribution in [0.4, 0.5) is 5.82 Å². The summed E-state index contributed by atoms with van der Waals surface area (Å²) < 4.78 is 2.99. The first-order valence-corrected chi connectivity index (χ1v) is 9.47. The first-order valence-electron chi connectivity index (χ1n) is 8.71. The van der Waals surface area contributed by atoms with Crippen molar-refractivity contribution in [2.24, 2.45) is 0 Å². The van der Waals surface area contributed by atoms with E-state index in [-0.39, 0.29) is 18.0 Å². The van der Waals surface area contributed by atoms with Gasteiger partial charge in [0.2, 0.25) is 5.91 Å². The fourth-order valence-electron chi connectivity index (χ4n) is 2.98. The second kappa shape index (κ2) is 8.06. The van der Waals surface area contributed by atoms with Crippen LogP contribution in [0, 0.1) is 0 Å². The molecule has 0 radical (unpaired) electrons. The number of rotatable bonds is 5. The van der Waals surface area contributed by atoms with Gasteiger partial charge in [-0.2, -0.15) is 5.10 Å². The fraction of sp³-hybridized carbons (Fsp3) is 0.100. The van der Waals surface area contributed by atoms with E-state index in [1.165, 1.54) is 10.8 Å². The molecule has 7 nitrogen and oxygen atoms in total. The molecule has 2 aromatic carbocycles. The molecule has 0 fully saturated rings. The molecule has 4 rings (SSSR count). The zero-order valence-electron chi connectivity index (χ0n) is 15.0. The maximum absolute atomic E-state index is 12.6. The van der Waals surface area contributed by atoms with Gasteiger partial charge in [-0.15, -0.1) is 0 Å². The normalized spacial score (nSPS) is 11.0. The van der Waals surface area contributed by atoms with Gasteiger partial charge in [-0.25, -0.2) is 9.67 Å². The van der Waals surface area contributed by atoms with Gasteiger partial charge < -0.3 is 5.32 Å². The zero-order valence-corrected chi connectivity index (χ0v) is 16.6. The highest BCUT2D eigenvalue weighted by Gasteiger charge is 2.12. The van der Waals surface area contributed by atoms with Crippen molar-refractivity contribution in [3.63, 3.8) is 0 Å². The predicted molar refractivity (Wildman–Crippen MR) is 112 cm³/mol. The van der Waals surface area contributed by atoms with Gasteiger partial charge in [0, 0.05) is 16.1 Å². The minimum Gasteiger partial charge on any atom is -0.309 e. The van der Waals surface area contributed by atoms with Crippen LogP contribution in [0.1, 0.15) is 5.56 Å². The maximum atomic E-state index is 12.6. The van der Waals surface area contributed by atoms with Crippen molar-refractivity contribution in [1.82, 2.24) is 19.3 Å². The Hall–Kier alpha value is -3.16. The van der Waals surface area contributed by atoms with Gasteiger partial charge in [-0.05, 0) is 29.8 Å². The Balaban J connectivity index is 1.54.